The van der Waals surface area contributed by atoms with Gasteiger partial charge in [-0.25, -0.2) is 0 Å². The second kappa shape index (κ2) is 3.37. The maximum absolute atomic E-state index is 4.27. The van der Waals surface area contributed by atoms with Gasteiger partial charge in [0.15, 0.2) is 0 Å². The molecule has 0 aromatic rings. The number of allylic oxidation sites excluding steroid dienone is 1. The zero-order valence-electron chi connectivity index (χ0n) is 11.7. The first-order valence-electron chi connectivity index (χ1n) is 6.25. The third-order valence-corrected chi connectivity index (χ3v) is 4.61. The van der Waals surface area contributed by atoms with Crippen LogP contribution in [0, 0.1) is 22.2 Å². The first-order valence-corrected chi connectivity index (χ1v) is 6.25. The van der Waals surface area contributed by atoms with E-state index in [-0.39, 0.29) is 0 Å². The first-order chi connectivity index (χ1) is 6.59. The monoisotopic (exact) mass is 208 g/mol. The maximum atomic E-state index is 4.27. The molecule has 0 aliphatic heterocycles. The Labute approximate surface area is 96.2 Å². The summed E-state index contributed by atoms with van der Waals surface area (Å²) >= 11 is 0. The fourth-order valence-corrected chi connectivity index (χ4v) is 3.97. The summed E-state index contributed by atoms with van der Waals surface area (Å²) < 4.78 is 0. The van der Waals surface area contributed by atoms with Crippen LogP contribution in [-0.4, -0.2) is 0 Å². The van der Waals surface area contributed by atoms with Crippen LogP contribution in [0.3, 0.4) is 0 Å². The predicted octanol–water partition coefficient (Wildman–Crippen LogP) is 5.05. The van der Waals surface area contributed by atoms with Crippen LogP contribution in [-0.2, 0) is 0 Å². The lowest BCUT2D eigenvalue weighted by atomic mass is 9.65. The molecule has 1 aliphatic carbocycles. The Kier molecular flexibility index (Phi) is 2.87. The molecule has 2 atom stereocenters. The molecule has 0 radical (unpaired) electrons. The van der Waals surface area contributed by atoms with Gasteiger partial charge < -0.3 is 0 Å². The van der Waals surface area contributed by atoms with Crippen LogP contribution < -0.4 is 0 Å². The summed E-state index contributed by atoms with van der Waals surface area (Å²) in [5.74, 6) is 0.762. The van der Waals surface area contributed by atoms with Crippen LogP contribution in [0.15, 0.2) is 12.2 Å². The third kappa shape index (κ3) is 1.77. The van der Waals surface area contributed by atoms with E-state index in [9.17, 15) is 0 Å². The molecule has 0 nitrogen and oxygen atoms in total. The van der Waals surface area contributed by atoms with Gasteiger partial charge in [0.1, 0.15) is 0 Å². The van der Waals surface area contributed by atoms with Gasteiger partial charge in [-0.05, 0) is 35.5 Å². The Balaban J connectivity index is 3.08. The average molecular weight is 208 g/mol. The highest BCUT2D eigenvalue weighted by Crippen LogP contribution is 2.73. The van der Waals surface area contributed by atoms with Gasteiger partial charge in [0.05, 0.1) is 0 Å². The average Bonchev–Trinajstić information content (AvgIpc) is 2.53. The second-order valence-electron chi connectivity index (χ2n) is 7.14. The predicted molar refractivity (Wildman–Crippen MR) is 68.9 cm³/mol. The van der Waals surface area contributed by atoms with Gasteiger partial charge in [0.25, 0.3) is 0 Å². The molecule has 0 aromatic carbocycles. The molecule has 0 amide bonds. The van der Waals surface area contributed by atoms with Crippen LogP contribution >= 0.6 is 0 Å². The molecule has 0 bridgehead atoms. The minimum absolute atomic E-state index is 0.390. The van der Waals surface area contributed by atoms with Crippen molar-refractivity contribution in [3.05, 3.63) is 12.2 Å². The van der Waals surface area contributed by atoms with E-state index in [2.05, 4.69) is 55.0 Å². The Bertz CT molecular complexity index is 264. The molecule has 0 heterocycles. The van der Waals surface area contributed by atoms with Gasteiger partial charge in [-0.1, -0.05) is 60.1 Å². The normalized spacial score (nSPS) is 31.1. The minimum atomic E-state index is 0.390. The quantitative estimate of drug-likeness (QED) is 0.569. The smallest absolute Gasteiger partial charge is 0.000363 e. The SMILES string of the molecule is C=C(C)C1(C(CC)C(C)(C)C)CC1(C)C. The van der Waals surface area contributed by atoms with Crippen LogP contribution in [0.5, 0.6) is 0 Å². The molecule has 1 rings (SSSR count). The van der Waals surface area contributed by atoms with Crippen molar-refractivity contribution >= 4 is 0 Å². The van der Waals surface area contributed by atoms with Gasteiger partial charge in [0.2, 0.25) is 0 Å². The third-order valence-electron chi connectivity index (χ3n) is 4.61. The van der Waals surface area contributed by atoms with Gasteiger partial charge in [-0.15, -0.1) is 0 Å². The maximum Gasteiger partial charge on any atom is -0.000363 e. The topological polar surface area (TPSA) is 0 Å². The van der Waals surface area contributed by atoms with Gasteiger partial charge >= 0.3 is 0 Å². The summed E-state index contributed by atoms with van der Waals surface area (Å²) in [5, 5.41) is 0. The van der Waals surface area contributed by atoms with E-state index in [1.165, 1.54) is 18.4 Å². The van der Waals surface area contributed by atoms with Gasteiger partial charge in [0, 0.05) is 0 Å². The zero-order valence-corrected chi connectivity index (χ0v) is 11.7. The molecular weight excluding hydrogens is 180 g/mol. The Morgan fingerprint density at radius 3 is 1.80 bits per heavy atom. The lowest BCUT2D eigenvalue weighted by molar-refractivity contribution is 0.131. The Morgan fingerprint density at radius 1 is 1.33 bits per heavy atom. The molecule has 1 aliphatic rings. The fraction of sp³-hybridized carbons (Fsp3) is 0.867. The lowest BCUT2D eigenvalue weighted by Crippen LogP contribution is -2.32. The van der Waals surface area contributed by atoms with Crippen molar-refractivity contribution in [1.29, 1.82) is 0 Å². The van der Waals surface area contributed by atoms with E-state index in [0.717, 1.165) is 5.92 Å². The summed E-state index contributed by atoms with van der Waals surface area (Å²) in [6, 6.07) is 0. The van der Waals surface area contributed by atoms with Gasteiger partial charge in [-0.3, -0.25) is 0 Å². The Morgan fingerprint density at radius 2 is 1.73 bits per heavy atom. The molecule has 1 saturated carbocycles. The highest BCUT2D eigenvalue weighted by atomic mass is 14.7. The summed E-state index contributed by atoms with van der Waals surface area (Å²) in [6.45, 7) is 20.7. The van der Waals surface area contributed by atoms with Crippen LogP contribution in [0.25, 0.3) is 0 Å². The van der Waals surface area contributed by atoms with Crippen molar-refractivity contribution in [2.24, 2.45) is 22.2 Å². The lowest BCUT2D eigenvalue weighted by Gasteiger charge is -2.40. The fourth-order valence-electron chi connectivity index (χ4n) is 3.97. The van der Waals surface area contributed by atoms with E-state index in [1.54, 1.807) is 0 Å². The molecule has 0 saturated heterocycles. The number of rotatable bonds is 3. The molecule has 0 spiro atoms. The van der Waals surface area contributed by atoms with Crippen molar-refractivity contribution in [1.82, 2.24) is 0 Å². The molecule has 0 aromatic heterocycles. The van der Waals surface area contributed by atoms with Crippen molar-refractivity contribution in [2.45, 2.75) is 61.3 Å². The van der Waals surface area contributed by atoms with Crippen LogP contribution in [0.1, 0.15) is 61.3 Å². The molecular formula is C15H28. The van der Waals surface area contributed by atoms with Crippen LogP contribution in [0.4, 0.5) is 0 Å². The highest BCUT2D eigenvalue weighted by Gasteiger charge is 2.66. The van der Waals surface area contributed by atoms with E-state index in [0.29, 0.717) is 16.2 Å². The van der Waals surface area contributed by atoms with E-state index < -0.39 is 0 Å². The van der Waals surface area contributed by atoms with E-state index in [1.807, 2.05) is 0 Å². The molecule has 1 fully saturated rings. The Hall–Kier alpha value is -0.260. The molecule has 0 N–H and O–H groups in total. The number of hydrogen-bond donors (Lipinski definition) is 0. The van der Waals surface area contributed by atoms with E-state index >= 15 is 0 Å². The van der Waals surface area contributed by atoms with Gasteiger partial charge in [-0.2, -0.15) is 0 Å². The molecule has 88 valence electrons. The van der Waals surface area contributed by atoms with Crippen LogP contribution in [0.2, 0.25) is 0 Å². The number of hydrogen-bond acceptors (Lipinski definition) is 0. The van der Waals surface area contributed by atoms with E-state index in [4.69, 9.17) is 0 Å². The molecule has 15 heavy (non-hydrogen) atoms. The first kappa shape index (κ1) is 12.8. The van der Waals surface area contributed by atoms with Crippen molar-refractivity contribution in [3.8, 4) is 0 Å². The summed E-state index contributed by atoms with van der Waals surface area (Å²) in [5.41, 5.74) is 2.66. The zero-order chi connectivity index (χ0) is 12.1. The summed E-state index contributed by atoms with van der Waals surface area (Å²) in [6.07, 6.45) is 2.59. The highest BCUT2D eigenvalue weighted by molar-refractivity contribution is 5.28. The van der Waals surface area contributed by atoms with Crippen molar-refractivity contribution < 1.29 is 0 Å². The molecule has 2 unspecified atom stereocenters. The summed E-state index contributed by atoms with van der Waals surface area (Å²) in [7, 11) is 0. The van der Waals surface area contributed by atoms with Crippen molar-refractivity contribution in [3.63, 3.8) is 0 Å². The minimum Gasteiger partial charge on any atom is -0.0995 e. The molecule has 0 heteroatoms. The summed E-state index contributed by atoms with van der Waals surface area (Å²) in [4.78, 5) is 0. The van der Waals surface area contributed by atoms with Crippen molar-refractivity contribution in [2.75, 3.05) is 0 Å². The second-order valence-corrected chi connectivity index (χ2v) is 7.14. The standard InChI is InChI=1S/C15H28/c1-9-12(13(4,5)6)15(11(2)3)10-14(15,7)8/h12H,2,9-10H2,1,3-8H3. The largest absolute Gasteiger partial charge is 0.0995 e.